The third-order valence-electron chi connectivity index (χ3n) is 4.35. The first kappa shape index (κ1) is 17.9. The molecule has 23 heavy (non-hydrogen) atoms. The minimum absolute atomic E-state index is 0.0451. The van der Waals surface area contributed by atoms with Crippen LogP contribution in [0.5, 0.6) is 0 Å². The number of rotatable bonds is 8. The topological polar surface area (TPSA) is 44.4 Å². The summed E-state index contributed by atoms with van der Waals surface area (Å²) in [5, 5.41) is 0. The van der Waals surface area contributed by atoms with Gasteiger partial charge in [-0.15, -0.1) is 0 Å². The Kier molecular flexibility index (Phi) is 6.99. The predicted molar refractivity (Wildman–Crippen MR) is 90.2 cm³/mol. The summed E-state index contributed by atoms with van der Waals surface area (Å²) in [5.74, 6) is -0.0679. The lowest BCUT2D eigenvalue weighted by Gasteiger charge is -2.25. The Morgan fingerprint density at radius 3 is 2.30 bits per heavy atom. The van der Waals surface area contributed by atoms with Gasteiger partial charge in [0, 0.05) is 19.1 Å². The summed E-state index contributed by atoms with van der Waals surface area (Å²) in [6.07, 6.45) is 4.95. The van der Waals surface area contributed by atoms with E-state index >= 15 is 0 Å². The first-order valence-electron chi connectivity index (χ1n) is 8.71. The molecule has 1 saturated heterocycles. The molecule has 1 aliphatic heterocycles. The maximum absolute atomic E-state index is 13.0. The Balaban J connectivity index is 1.94. The standard InChI is InChI=1S/C18H28FN3O/c1-3-5-11-22(12-6-4-2)18(23)17-13-16(20-21-17)14-7-9-15(19)10-8-14/h7-10,16-17,20-21H,3-6,11-13H2,1-2H3. The van der Waals surface area contributed by atoms with Crippen molar-refractivity contribution in [2.24, 2.45) is 0 Å². The van der Waals surface area contributed by atoms with Gasteiger partial charge in [0.05, 0.1) is 0 Å². The fourth-order valence-electron chi connectivity index (χ4n) is 2.88. The Morgan fingerprint density at radius 1 is 1.13 bits per heavy atom. The lowest BCUT2D eigenvalue weighted by atomic mass is 10.0. The fourth-order valence-corrected chi connectivity index (χ4v) is 2.88. The summed E-state index contributed by atoms with van der Waals surface area (Å²) in [6.45, 7) is 5.94. The Morgan fingerprint density at radius 2 is 1.74 bits per heavy atom. The summed E-state index contributed by atoms with van der Waals surface area (Å²) in [4.78, 5) is 14.7. The average Bonchev–Trinajstić information content (AvgIpc) is 3.05. The molecular formula is C18H28FN3O. The van der Waals surface area contributed by atoms with Gasteiger partial charge in [0.25, 0.3) is 0 Å². The van der Waals surface area contributed by atoms with Gasteiger partial charge in [-0.1, -0.05) is 38.8 Å². The normalized spacial score (nSPS) is 20.7. The molecule has 0 spiro atoms. The zero-order valence-electron chi connectivity index (χ0n) is 14.1. The molecular weight excluding hydrogens is 293 g/mol. The van der Waals surface area contributed by atoms with Crippen LogP contribution in [0.25, 0.3) is 0 Å². The first-order valence-corrected chi connectivity index (χ1v) is 8.71. The molecule has 2 atom stereocenters. The van der Waals surface area contributed by atoms with Crippen molar-refractivity contribution in [3.63, 3.8) is 0 Å². The van der Waals surface area contributed by atoms with Gasteiger partial charge in [0.15, 0.2) is 0 Å². The zero-order valence-corrected chi connectivity index (χ0v) is 14.1. The summed E-state index contributed by atoms with van der Waals surface area (Å²) >= 11 is 0. The SMILES string of the molecule is CCCCN(CCCC)C(=O)C1CC(c2ccc(F)cc2)NN1. The maximum atomic E-state index is 13.0. The van der Waals surface area contributed by atoms with Crippen LogP contribution in [0.15, 0.2) is 24.3 Å². The number of hydrazine groups is 1. The van der Waals surface area contributed by atoms with Crippen molar-refractivity contribution in [2.45, 2.75) is 58.0 Å². The number of unbranched alkanes of at least 4 members (excludes halogenated alkanes) is 2. The van der Waals surface area contributed by atoms with Crippen LogP contribution in [0.4, 0.5) is 4.39 Å². The molecule has 4 nitrogen and oxygen atoms in total. The molecule has 1 amide bonds. The van der Waals surface area contributed by atoms with Crippen molar-refractivity contribution in [2.75, 3.05) is 13.1 Å². The van der Waals surface area contributed by atoms with E-state index in [1.54, 1.807) is 12.1 Å². The van der Waals surface area contributed by atoms with Crippen LogP contribution in [-0.4, -0.2) is 29.9 Å². The molecule has 1 heterocycles. The number of hydrogen-bond donors (Lipinski definition) is 2. The molecule has 0 bridgehead atoms. The number of nitrogens with one attached hydrogen (secondary N) is 2. The highest BCUT2D eigenvalue weighted by Crippen LogP contribution is 2.23. The van der Waals surface area contributed by atoms with Crippen molar-refractivity contribution < 1.29 is 9.18 Å². The second kappa shape index (κ2) is 8.99. The number of hydrogen-bond acceptors (Lipinski definition) is 3. The van der Waals surface area contributed by atoms with E-state index in [9.17, 15) is 9.18 Å². The molecule has 1 aromatic carbocycles. The van der Waals surface area contributed by atoms with Crippen LogP contribution in [0, 0.1) is 5.82 Å². The molecule has 1 fully saturated rings. The van der Waals surface area contributed by atoms with Gasteiger partial charge in [-0.05, 0) is 37.0 Å². The number of carbonyl (C=O) groups excluding carboxylic acids is 1. The van der Waals surface area contributed by atoms with Crippen LogP contribution in [0.3, 0.4) is 0 Å². The number of nitrogens with zero attached hydrogens (tertiary/aromatic N) is 1. The average molecular weight is 321 g/mol. The van der Waals surface area contributed by atoms with E-state index in [1.165, 1.54) is 12.1 Å². The van der Waals surface area contributed by atoms with Gasteiger partial charge >= 0.3 is 0 Å². The lowest BCUT2D eigenvalue weighted by Crippen LogP contribution is -2.46. The van der Waals surface area contributed by atoms with Crippen LogP contribution in [0.1, 0.15) is 57.6 Å². The van der Waals surface area contributed by atoms with Crippen molar-refractivity contribution in [1.82, 2.24) is 15.8 Å². The van der Waals surface area contributed by atoms with Crippen LogP contribution >= 0.6 is 0 Å². The second-order valence-electron chi connectivity index (χ2n) is 6.21. The minimum Gasteiger partial charge on any atom is -0.341 e. The van der Waals surface area contributed by atoms with Crippen LogP contribution in [0.2, 0.25) is 0 Å². The maximum Gasteiger partial charge on any atom is 0.241 e. The molecule has 0 saturated carbocycles. The zero-order chi connectivity index (χ0) is 16.7. The molecule has 0 aromatic heterocycles. The monoisotopic (exact) mass is 321 g/mol. The predicted octanol–water partition coefficient (Wildman–Crippen LogP) is 3.16. The van der Waals surface area contributed by atoms with E-state index in [4.69, 9.17) is 0 Å². The van der Waals surface area contributed by atoms with E-state index in [0.29, 0.717) is 6.42 Å². The molecule has 2 unspecified atom stereocenters. The van der Waals surface area contributed by atoms with Crippen molar-refractivity contribution >= 4 is 5.91 Å². The van der Waals surface area contributed by atoms with Crippen LogP contribution < -0.4 is 10.9 Å². The van der Waals surface area contributed by atoms with Gasteiger partial charge in [-0.3, -0.25) is 4.79 Å². The molecule has 128 valence electrons. The van der Waals surface area contributed by atoms with E-state index in [1.807, 2.05) is 4.90 Å². The Bertz CT molecular complexity index is 484. The third-order valence-corrected chi connectivity index (χ3v) is 4.35. The summed E-state index contributed by atoms with van der Waals surface area (Å²) < 4.78 is 13.0. The highest BCUT2D eigenvalue weighted by atomic mass is 19.1. The van der Waals surface area contributed by atoms with Crippen molar-refractivity contribution in [3.8, 4) is 0 Å². The van der Waals surface area contributed by atoms with Crippen molar-refractivity contribution in [1.29, 1.82) is 0 Å². The summed E-state index contributed by atoms with van der Waals surface area (Å²) in [7, 11) is 0. The largest absolute Gasteiger partial charge is 0.341 e. The molecule has 2 rings (SSSR count). The van der Waals surface area contributed by atoms with E-state index < -0.39 is 0 Å². The van der Waals surface area contributed by atoms with Crippen LogP contribution in [-0.2, 0) is 4.79 Å². The van der Waals surface area contributed by atoms with Gasteiger partial charge in [0.2, 0.25) is 5.91 Å². The Hall–Kier alpha value is -1.46. The number of halogens is 1. The lowest BCUT2D eigenvalue weighted by molar-refractivity contribution is -0.133. The van der Waals surface area contributed by atoms with Gasteiger partial charge < -0.3 is 4.90 Å². The summed E-state index contributed by atoms with van der Waals surface area (Å²) in [5.41, 5.74) is 7.29. The molecule has 2 N–H and O–H groups in total. The van der Waals surface area contributed by atoms with Gasteiger partial charge in [-0.25, -0.2) is 15.2 Å². The van der Waals surface area contributed by atoms with Gasteiger partial charge in [0.1, 0.15) is 11.9 Å². The Labute approximate surface area is 138 Å². The quantitative estimate of drug-likeness (QED) is 0.773. The molecule has 0 radical (unpaired) electrons. The van der Waals surface area contributed by atoms with E-state index in [2.05, 4.69) is 24.7 Å². The van der Waals surface area contributed by atoms with Crippen molar-refractivity contribution in [3.05, 3.63) is 35.6 Å². The van der Waals surface area contributed by atoms with Gasteiger partial charge in [-0.2, -0.15) is 0 Å². The molecule has 1 aliphatic rings. The highest BCUT2D eigenvalue weighted by Gasteiger charge is 2.32. The molecule has 1 aromatic rings. The van der Waals surface area contributed by atoms with E-state index in [-0.39, 0.29) is 23.8 Å². The third kappa shape index (κ3) is 5.01. The second-order valence-corrected chi connectivity index (χ2v) is 6.21. The fraction of sp³-hybridized carbons (Fsp3) is 0.611. The molecule has 0 aliphatic carbocycles. The number of benzene rings is 1. The summed E-state index contributed by atoms with van der Waals surface area (Å²) in [6, 6.07) is 6.30. The first-order chi connectivity index (χ1) is 11.2. The highest BCUT2D eigenvalue weighted by molar-refractivity contribution is 5.82. The number of carbonyl (C=O) groups is 1. The number of amides is 1. The van der Waals surface area contributed by atoms with E-state index in [0.717, 1.165) is 44.3 Å². The molecule has 5 heteroatoms. The minimum atomic E-state index is -0.238. The smallest absolute Gasteiger partial charge is 0.241 e.